The molecule has 0 atom stereocenters. The first kappa shape index (κ1) is 32.8. The van der Waals surface area contributed by atoms with Gasteiger partial charge >= 0.3 is 12.1 Å². The van der Waals surface area contributed by atoms with E-state index in [9.17, 15) is 9.59 Å². The highest BCUT2D eigenvalue weighted by atomic mass is 16.6. The molecule has 0 aliphatic rings. The van der Waals surface area contributed by atoms with Gasteiger partial charge in [-0.2, -0.15) is 0 Å². The maximum absolute atomic E-state index is 11.6. The Morgan fingerprint density at radius 3 is 1.76 bits per heavy atom. The molecule has 37 heavy (non-hydrogen) atoms. The molecule has 0 spiro atoms. The first-order valence-corrected chi connectivity index (χ1v) is 13.2. The third kappa shape index (κ3) is 22.7. The molecular formula is C27H45NO9. The van der Waals surface area contributed by atoms with Crippen LogP contribution in [0.3, 0.4) is 0 Å². The summed E-state index contributed by atoms with van der Waals surface area (Å²) >= 11 is 0. The Kier molecular flexibility index (Phi) is 22.5. The fourth-order valence-corrected chi connectivity index (χ4v) is 2.96. The molecule has 1 rings (SSSR count). The quantitative estimate of drug-likeness (QED) is 0.151. The SMILES string of the molecule is CCCCCCC(=O)OCCOCCOCCOCCOCCOCCNC(=O)OCc1ccccc1. The molecule has 1 aromatic carbocycles. The Morgan fingerprint density at radius 2 is 1.19 bits per heavy atom. The summed E-state index contributed by atoms with van der Waals surface area (Å²) in [4.78, 5) is 23.1. The summed E-state index contributed by atoms with van der Waals surface area (Å²) < 4.78 is 37.3. The summed E-state index contributed by atoms with van der Waals surface area (Å²) in [5.41, 5.74) is 0.938. The van der Waals surface area contributed by atoms with Gasteiger partial charge in [0.15, 0.2) is 0 Å². The topological polar surface area (TPSA) is 111 Å². The summed E-state index contributed by atoms with van der Waals surface area (Å²) in [6.45, 7) is 7.45. The molecule has 0 heterocycles. The van der Waals surface area contributed by atoms with Crippen LogP contribution < -0.4 is 5.32 Å². The summed E-state index contributed by atoms with van der Waals surface area (Å²) in [6.07, 6.45) is 4.28. The van der Waals surface area contributed by atoms with Crippen molar-refractivity contribution in [2.75, 3.05) is 79.2 Å². The number of rotatable bonds is 25. The Bertz CT molecular complexity index is 661. The number of ether oxygens (including phenoxy) is 7. The lowest BCUT2D eigenvalue weighted by Crippen LogP contribution is -2.28. The van der Waals surface area contributed by atoms with E-state index >= 15 is 0 Å². The number of alkyl carbamates (subject to hydrolysis) is 1. The second kappa shape index (κ2) is 25.4. The van der Waals surface area contributed by atoms with Gasteiger partial charge in [-0.05, 0) is 12.0 Å². The van der Waals surface area contributed by atoms with E-state index in [1.807, 2.05) is 30.3 Å². The van der Waals surface area contributed by atoms with Gasteiger partial charge in [-0.25, -0.2) is 4.79 Å². The van der Waals surface area contributed by atoms with Crippen molar-refractivity contribution in [2.45, 2.75) is 45.6 Å². The smallest absolute Gasteiger partial charge is 0.407 e. The van der Waals surface area contributed by atoms with Gasteiger partial charge in [-0.1, -0.05) is 56.5 Å². The van der Waals surface area contributed by atoms with Crippen LogP contribution in [0.5, 0.6) is 0 Å². The molecule has 212 valence electrons. The van der Waals surface area contributed by atoms with E-state index in [1.165, 1.54) is 0 Å². The zero-order chi connectivity index (χ0) is 26.7. The summed E-state index contributed by atoms with van der Waals surface area (Å²) in [5.74, 6) is -0.157. The molecule has 10 heteroatoms. The molecule has 0 aliphatic heterocycles. The Morgan fingerprint density at radius 1 is 0.649 bits per heavy atom. The van der Waals surface area contributed by atoms with Crippen LogP contribution in [0, 0.1) is 0 Å². The predicted molar refractivity (Wildman–Crippen MR) is 138 cm³/mol. The van der Waals surface area contributed by atoms with Crippen LogP contribution in [-0.4, -0.2) is 91.3 Å². The van der Waals surface area contributed by atoms with Gasteiger partial charge in [-0.3, -0.25) is 4.79 Å². The number of benzene rings is 1. The number of esters is 1. The lowest BCUT2D eigenvalue weighted by Gasteiger charge is -2.09. The molecule has 0 saturated heterocycles. The summed E-state index contributed by atoms with van der Waals surface area (Å²) in [7, 11) is 0. The number of carbonyl (C=O) groups is 2. The highest BCUT2D eigenvalue weighted by molar-refractivity contribution is 5.69. The van der Waals surface area contributed by atoms with Gasteiger partial charge in [-0.15, -0.1) is 0 Å². The van der Waals surface area contributed by atoms with Crippen molar-refractivity contribution in [1.29, 1.82) is 0 Å². The van der Waals surface area contributed by atoms with Crippen molar-refractivity contribution in [3.63, 3.8) is 0 Å². The van der Waals surface area contributed by atoms with E-state index in [0.717, 1.165) is 31.2 Å². The maximum atomic E-state index is 11.6. The van der Waals surface area contributed by atoms with Gasteiger partial charge in [0, 0.05) is 13.0 Å². The van der Waals surface area contributed by atoms with Crippen molar-refractivity contribution in [1.82, 2.24) is 5.32 Å². The fraction of sp³-hybridized carbons (Fsp3) is 0.704. The van der Waals surface area contributed by atoms with E-state index in [4.69, 9.17) is 33.2 Å². The van der Waals surface area contributed by atoms with Crippen molar-refractivity contribution >= 4 is 12.1 Å². The number of carbonyl (C=O) groups excluding carboxylic acids is 2. The van der Waals surface area contributed by atoms with Crippen LogP contribution >= 0.6 is 0 Å². The van der Waals surface area contributed by atoms with Crippen LogP contribution in [0.2, 0.25) is 0 Å². The molecule has 0 unspecified atom stereocenters. The molecule has 0 fully saturated rings. The average molecular weight is 528 g/mol. The average Bonchev–Trinajstić information content (AvgIpc) is 2.91. The first-order chi connectivity index (χ1) is 18.2. The number of hydrogen-bond donors (Lipinski definition) is 1. The van der Waals surface area contributed by atoms with E-state index in [2.05, 4.69) is 12.2 Å². The lowest BCUT2D eigenvalue weighted by atomic mass is 10.2. The molecular weight excluding hydrogens is 482 g/mol. The van der Waals surface area contributed by atoms with Gasteiger partial charge in [0.1, 0.15) is 13.2 Å². The van der Waals surface area contributed by atoms with E-state index in [-0.39, 0.29) is 19.2 Å². The molecule has 1 aromatic rings. The molecule has 0 aliphatic carbocycles. The molecule has 1 N–H and O–H groups in total. The van der Waals surface area contributed by atoms with E-state index in [1.54, 1.807) is 0 Å². The van der Waals surface area contributed by atoms with Crippen LogP contribution in [-0.2, 0) is 44.6 Å². The van der Waals surface area contributed by atoms with Gasteiger partial charge in [0.05, 0.1) is 66.1 Å². The number of nitrogens with one attached hydrogen (secondary N) is 1. The van der Waals surface area contributed by atoms with Crippen LogP contribution in [0.15, 0.2) is 30.3 Å². The second-order valence-corrected chi connectivity index (χ2v) is 8.08. The molecule has 0 aromatic heterocycles. The Labute approximate surface area is 221 Å². The van der Waals surface area contributed by atoms with Crippen molar-refractivity contribution in [3.05, 3.63) is 35.9 Å². The number of amides is 1. The largest absolute Gasteiger partial charge is 0.463 e. The minimum atomic E-state index is -0.469. The summed E-state index contributed by atoms with van der Waals surface area (Å²) in [6, 6.07) is 9.50. The van der Waals surface area contributed by atoms with Crippen molar-refractivity contribution in [2.24, 2.45) is 0 Å². The van der Waals surface area contributed by atoms with Crippen LogP contribution in [0.25, 0.3) is 0 Å². The number of hydrogen-bond acceptors (Lipinski definition) is 9. The third-order valence-electron chi connectivity index (χ3n) is 4.94. The molecule has 1 amide bonds. The van der Waals surface area contributed by atoms with E-state index in [0.29, 0.717) is 79.0 Å². The monoisotopic (exact) mass is 527 g/mol. The minimum Gasteiger partial charge on any atom is -0.463 e. The minimum absolute atomic E-state index is 0.157. The highest BCUT2D eigenvalue weighted by Gasteiger charge is 2.03. The normalized spacial score (nSPS) is 10.8. The Balaban J connectivity index is 1.71. The lowest BCUT2D eigenvalue weighted by molar-refractivity contribution is -0.145. The fourth-order valence-electron chi connectivity index (χ4n) is 2.96. The first-order valence-electron chi connectivity index (χ1n) is 13.2. The second-order valence-electron chi connectivity index (χ2n) is 8.08. The maximum Gasteiger partial charge on any atom is 0.407 e. The van der Waals surface area contributed by atoms with Gasteiger partial charge in [0.25, 0.3) is 0 Å². The molecule has 0 bridgehead atoms. The molecule has 10 nitrogen and oxygen atoms in total. The summed E-state index contributed by atoms with van der Waals surface area (Å²) in [5, 5.41) is 2.63. The molecule has 0 saturated carbocycles. The molecule has 0 radical (unpaired) electrons. The standard InChI is InChI=1S/C27H45NO9/c1-2-3-4-8-11-26(29)36-23-22-35-21-20-34-19-18-33-17-16-32-15-14-31-13-12-28-27(30)37-24-25-9-6-5-7-10-25/h5-7,9-10H,2-4,8,11-24H2,1H3,(H,28,30). The van der Waals surface area contributed by atoms with Crippen molar-refractivity contribution in [3.8, 4) is 0 Å². The van der Waals surface area contributed by atoms with Gasteiger partial charge < -0.3 is 38.5 Å². The van der Waals surface area contributed by atoms with Crippen molar-refractivity contribution < 1.29 is 42.7 Å². The van der Waals surface area contributed by atoms with Gasteiger partial charge in [0.2, 0.25) is 0 Å². The predicted octanol–water partition coefficient (Wildman–Crippen LogP) is 3.51. The zero-order valence-corrected chi connectivity index (χ0v) is 22.3. The van der Waals surface area contributed by atoms with E-state index < -0.39 is 6.09 Å². The third-order valence-corrected chi connectivity index (χ3v) is 4.94. The zero-order valence-electron chi connectivity index (χ0n) is 22.3. The number of unbranched alkanes of at least 4 members (excludes halogenated alkanes) is 3. The highest BCUT2D eigenvalue weighted by Crippen LogP contribution is 2.03. The van der Waals surface area contributed by atoms with Crippen LogP contribution in [0.1, 0.15) is 44.6 Å². The Hall–Kier alpha value is -2.24. The van der Waals surface area contributed by atoms with Crippen LogP contribution in [0.4, 0.5) is 4.79 Å².